The first-order valence-corrected chi connectivity index (χ1v) is 5.85. The minimum absolute atomic E-state index is 0.135. The Kier molecular flexibility index (Phi) is 3.94. The van der Waals surface area contributed by atoms with Gasteiger partial charge in [-0.3, -0.25) is 4.90 Å². The molecule has 1 rings (SSSR count). The number of hydrogen-bond donors (Lipinski definition) is 1. The summed E-state index contributed by atoms with van der Waals surface area (Å²) in [6, 6.07) is -0.149. The number of carboxylic acid groups (broad SMARTS) is 1. The summed E-state index contributed by atoms with van der Waals surface area (Å²) in [6.07, 6.45) is 3.64. The van der Waals surface area contributed by atoms with Gasteiger partial charge in [-0.1, -0.05) is 12.8 Å². The fourth-order valence-electron chi connectivity index (χ4n) is 2.55. The fraction of sp³-hybridized carbons (Fsp3) is 0.833. The smallest absolute Gasteiger partial charge is 0.408 e. The molecule has 0 bridgehead atoms. The van der Waals surface area contributed by atoms with E-state index in [4.69, 9.17) is 0 Å². The fourth-order valence-corrected chi connectivity index (χ4v) is 2.55. The van der Waals surface area contributed by atoms with Crippen molar-refractivity contribution in [3.8, 4) is 0 Å². The third-order valence-electron chi connectivity index (χ3n) is 3.22. The van der Waals surface area contributed by atoms with Crippen LogP contribution in [0.2, 0.25) is 0 Å². The molecule has 0 radical (unpaired) electrons. The number of rotatable bonds is 2. The molecule has 4 nitrogen and oxygen atoms in total. The van der Waals surface area contributed by atoms with Crippen molar-refractivity contribution in [2.45, 2.75) is 58.0 Å². The Hall–Kier alpha value is -1.06. The molecule has 2 atom stereocenters. The number of amides is 1. The van der Waals surface area contributed by atoms with E-state index in [1.54, 1.807) is 0 Å². The maximum absolute atomic E-state index is 11.3. The molecule has 1 saturated carbocycles. The van der Waals surface area contributed by atoms with Gasteiger partial charge in [-0.05, 0) is 33.6 Å². The van der Waals surface area contributed by atoms with Gasteiger partial charge in [-0.2, -0.15) is 0 Å². The van der Waals surface area contributed by atoms with Crippen LogP contribution >= 0.6 is 0 Å². The van der Waals surface area contributed by atoms with Crippen LogP contribution in [0.25, 0.3) is 0 Å². The van der Waals surface area contributed by atoms with Crippen LogP contribution in [-0.4, -0.2) is 34.0 Å². The minimum atomic E-state index is -0.925. The Labute approximate surface area is 96.6 Å². The molecule has 0 saturated heterocycles. The van der Waals surface area contributed by atoms with Gasteiger partial charge < -0.3 is 9.90 Å². The number of nitrogens with zero attached hydrogens (tertiary/aromatic N) is 1. The number of carbonyl (C=O) groups excluding carboxylic acids is 1. The molecule has 1 fully saturated rings. The zero-order valence-electron chi connectivity index (χ0n) is 10.3. The second-order valence-corrected chi connectivity index (χ2v) is 5.48. The van der Waals surface area contributed by atoms with Crippen molar-refractivity contribution >= 4 is 12.4 Å². The Balaban J connectivity index is 2.92. The van der Waals surface area contributed by atoms with Gasteiger partial charge in [0, 0.05) is 17.5 Å². The van der Waals surface area contributed by atoms with E-state index in [1.807, 2.05) is 20.8 Å². The van der Waals surface area contributed by atoms with Crippen molar-refractivity contribution in [3.05, 3.63) is 0 Å². The van der Waals surface area contributed by atoms with Crippen LogP contribution in [0.15, 0.2) is 0 Å². The average molecular weight is 227 g/mol. The molecule has 1 aliphatic carbocycles. The van der Waals surface area contributed by atoms with E-state index < -0.39 is 11.6 Å². The van der Waals surface area contributed by atoms with Crippen molar-refractivity contribution in [2.24, 2.45) is 5.92 Å². The first-order chi connectivity index (χ1) is 7.38. The van der Waals surface area contributed by atoms with Gasteiger partial charge in [0.15, 0.2) is 0 Å². The van der Waals surface area contributed by atoms with Crippen molar-refractivity contribution in [2.75, 3.05) is 0 Å². The lowest BCUT2D eigenvalue weighted by Crippen LogP contribution is -2.54. The molecular weight excluding hydrogens is 206 g/mol. The molecular formula is C12H21NO3. The van der Waals surface area contributed by atoms with E-state index in [0.29, 0.717) is 0 Å². The van der Waals surface area contributed by atoms with Gasteiger partial charge in [0.05, 0.1) is 0 Å². The van der Waals surface area contributed by atoms with Crippen molar-refractivity contribution in [1.29, 1.82) is 0 Å². The lowest BCUT2D eigenvalue weighted by molar-refractivity contribution is -0.114. The van der Waals surface area contributed by atoms with Crippen LogP contribution in [-0.2, 0) is 4.79 Å². The zero-order valence-corrected chi connectivity index (χ0v) is 10.3. The molecule has 1 amide bonds. The average Bonchev–Trinajstić information content (AvgIpc) is 2.15. The molecule has 4 heteroatoms. The predicted octanol–water partition coefficient (Wildman–Crippen LogP) is 2.52. The summed E-state index contributed by atoms with van der Waals surface area (Å²) in [5.74, 6) is -0.135. The second kappa shape index (κ2) is 4.85. The molecule has 0 heterocycles. The number of aldehydes is 1. The monoisotopic (exact) mass is 227 g/mol. The van der Waals surface area contributed by atoms with Crippen LogP contribution in [0.4, 0.5) is 4.79 Å². The molecule has 0 aromatic rings. The van der Waals surface area contributed by atoms with E-state index in [1.165, 1.54) is 4.90 Å². The van der Waals surface area contributed by atoms with Crippen molar-refractivity contribution in [3.63, 3.8) is 0 Å². The number of carbonyl (C=O) groups is 2. The Morgan fingerprint density at radius 2 is 1.88 bits per heavy atom. The third-order valence-corrected chi connectivity index (χ3v) is 3.22. The van der Waals surface area contributed by atoms with E-state index in [9.17, 15) is 14.7 Å². The van der Waals surface area contributed by atoms with Gasteiger partial charge >= 0.3 is 6.09 Å². The summed E-state index contributed by atoms with van der Waals surface area (Å²) in [4.78, 5) is 23.8. The molecule has 0 aromatic heterocycles. The molecule has 92 valence electrons. The van der Waals surface area contributed by atoms with E-state index >= 15 is 0 Å². The molecule has 0 aromatic carbocycles. The minimum Gasteiger partial charge on any atom is -0.465 e. The van der Waals surface area contributed by atoms with E-state index in [2.05, 4.69) is 0 Å². The highest BCUT2D eigenvalue weighted by atomic mass is 16.4. The lowest BCUT2D eigenvalue weighted by Gasteiger charge is -2.43. The van der Waals surface area contributed by atoms with Crippen LogP contribution in [0, 0.1) is 5.92 Å². The lowest BCUT2D eigenvalue weighted by atomic mass is 9.83. The largest absolute Gasteiger partial charge is 0.465 e. The van der Waals surface area contributed by atoms with Gasteiger partial charge in [0.2, 0.25) is 0 Å². The molecule has 16 heavy (non-hydrogen) atoms. The van der Waals surface area contributed by atoms with Crippen LogP contribution in [0.5, 0.6) is 0 Å². The van der Waals surface area contributed by atoms with Crippen LogP contribution in [0.3, 0.4) is 0 Å². The van der Waals surface area contributed by atoms with Gasteiger partial charge in [0.25, 0.3) is 0 Å². The van der Waals surface area contributed by atoms with Gasteiger partial charge in [0.1, 0.15) is 6.29 Å². The summed E-state index contributed by atoms with van der Waals surface area (Å²) in [7, 11) is 0. The molecule has 0 unspecified atom stereocenters. The maximum Gasteiger partial charge on any atom is 0.408 e. The first kappa shape index (κ1) is 13.0. The Morgan fingerprint density at radius 3 is 2.31 bits per heavy atom. The molecule has 0 spiro atoms. The SMILES string of the molecule is CC(C)(C)N(C(=O)O)[C@@H]1CCCC[C@H]1C=O. The first-order valence-electron chi connectivity index (χ1n) is 5.85. The quantitative estimate of drug-likeness (QED) is 0.737. The van der Waals surface area contributed by atoms with Gasteiger partial charge in [-0.15, -0.1) is 0 Å². The van der Waals surface area contributed by atoms with E-state index in [0.717, 1.165) is 32.0 Å². The highest BCUT2D eigenvalue weighted by molar-refractivity contribution is 5.68. The van der Waals surface area contributed by atoms with Crippen LogP contribution in [0.1, 0.15) is 46.5 Å². The predicted molar refractivity (Wildman–Crippen MR) is 61.4 cm³/mol. The Bertz CT molecular complexity index is 270. The third kappa shape index (κ3) is 2.74. The molecule has 1 N–H and O–H groups in total. The van der Waals surface area contributed by atoms with Gasteiger partial charge in [-0.25, -0.2) is 4.79 Å². The number of hydrogen-bond acceptors (Lipinski definition) is 2. The van der Waals surface area contributed by atoms with Crippen LogP contribution < -0.4 is 0 Å². The maximum atomic E-state index is 11.3. The van der Waals surface area contributed by atoms with E-state index in [-0.39, 0.29) is 12.0 Å². The molecule has 1 aliphatic rings. The van der Waals surface area contributed by atoms with Crippen molar-refractivity contribution < 1.29 is 14.7 Å². The van der Waals surface area contributed by atoms with Crippen molar-refractivity contribution in [1.82, 2.24) is 4.90 Å². The second-order valence-electron chi connectivity index (χ2n) is 5.48. The normalized spacial score (nSPS) is 26.2. The summed E-state index contributed by atoms with van der Waals surface area (Å²) < 4.78 is 0. The summed E-state index contributed by atoms with van der Waals surface area (Å²) in [5.41, 5.74) is -0.449. The Morgan fingerprint density at radius 1 is 1.31 bits per heavy atom. The molecule has 0 aliphatic heterocycles. The summed E-state index contributed by atoms with van der Waals surface area (Å²) in [6.45, 7) is 5.62. The highest BCUT2D eigenvalue weighted by Crippen LogP contribution is 2.31. The zero-order chi connectivity index (χ0) is 12.3. The topological polar surface area (TPSA) is 57.6 Å². The summed E-state index contributed by atoms with van der Waals surface area (Å²) >= 11 is 0. The summed E-state index contributed by atoms with van der Waals surface area (Å²) in [5, 5.41) is 9.28. The highest BCUT2D eigenvalue weighted by Gasteiger charge is 2.38. The standard InChI is InChI=1S/C12H21NO3/c1-12(2,3)13(11(15)16)10-7-5-4-6-9(10)8-14/h8-10H,4-7H2,1-3H3,(H,15,16)/t9-,10+/m0/s1.